The number of likely N-dealkylation sites (N-methyl/N-ethyl adjacent to an activating group) is 1. The number of rotatable bonds is 2. The van der Waals surface area contributed by atoms with Crippen LogP contribution in [0.2, 0.25) is 0 Å². The summed E-state index contributed by atoms with van der Waals surface area (Å²) in [6.07, 6.45) is 0. The first-order valence-corrected chi connectivity index (χ1v) is 7.09. The van der Waals surface area contributed by atoms with Crippen molar-refractivity contribution >= 4 is 11.7 Å². The lowest BCUT2D eigenvalue weighted by atomic mass is 10.1. The van der Waals surface area contributed by atoms with Gasteiger partial charge in [-0.3, -0.25) is 0 Å². The molecular formula is C15H24N4O. The number of nitrogens with one attached hydrogen (secondary N) is 1. The second kappa shape index (κ2) is 6.24. The molecule has 2 amide bonds. The van der Waals surface area contributed by atoms with E-state index in [1.165, 1.54) is 0 Å². The zero-order valence-electron chi connectivity index (χ0n) is 12.5. The fourth-order valence-corrected chi connectivity index (χ4v) is 2.34. The average Bonchev–Trinajstić information content (AvgIpc) is 2.42. The van der Waals surface area contributed by atoms with Gasteiger partial charge >= 0.3 is 6.03 Å². The van der Waals surface area contributed by atoms with Crippen molar-refractivity contribution in [1.29, 1.82) is 0 Å². The Morgan fingerprint density at radius 2 is 2.20 bits per heavy atom. The number of benzene rings is 1. The zero-order valence-corrected chi connectivity index (χ0v) is 12.5. The van der Waals surface area contributed by atoms with Gasteiger partial charge in [0.1, 0.15) is 0 Å². The fourth-order valence-electron chi connectivity index (χ4n) is 2.34. The molecule has 0 spiro atoms. The van der Waals surface area contributed by atoms with E-state index in [0.717, 1.165) is 30.9 Å². The highest BCUT2D eigenvalue weighted by Crippen LogP contribution is 2.16. The van der Waals surface area contributed by atoms with E-state index < -0.39 is 0 Å². The fraction of sp³-hybridized carbons (Fsp3) is 0.533. The van der Waals surface area contributed by atoms with Crippen LogP contribution in [0.5, 0.6) is 0 Å². The van der Waals surface area contributed by atoms with Crippen molar-refractivity contribution in [3.63, 3.8) is 0 Å². The van der Waals surface area contributed by atoms with E-state index in [9.17, 15) is 4.79 Å². The number of nitrogens with two attached hydrogens (primary N) is 1. The molecule has 1 aliphatic rings. The van der Waals surface area contributed by atoms with Gasteiger partial charge in [-0.1, -0.05) is 12.1 Å². The van der Waals surface area contributed by atoms with Gasteiger partial charge in [-0.2, -0.15) is 0 Å². The number of hydrogen-bond acceptors (Lipinski definition) is 3. The van der Waals surface area contributed by atoms with Gasteiger partial charge in [0.25, 0.3) is 0 Å². The molecule has 1 heterocycles. The van der Waals surface area contributed by atoms with Gasteiger partial charge in [0, 0.05) is 37.4 Å². The van der Waals surface area contributed by atoms with Crippen LogP contribution in [0.1, 0.15) is 25.5 Å². The molecule has 2 rings (SSSR count). The first-order chi connectivity index (χ1) is 9.47. The van der Waals surface area contributed by atoms with Crippen LogP contribution in [-0.2, 0) is 0 Å². The van der Waals surface area contributed by atoms with Crippen LogP contribution in [-0.4, -0.2) is 48.6 Å². The van der Waals surface area contributed by atoms with E-state index in [-0.39, 0.29) is 12.1 Å². The smallest absolute Gasteiger partial charge is 0.321 e. The van der Waals surface area contributed by atoms with Crippen molar-refractivity contribution in [2.75, 3.05) is 32.0 Å². The normalized spacial score (nSPS) is 21.6. The number of nitrogens with zero attached hydrogens (tertiary/aromatic N) is 2. The van der Waals surface area contributed by atoms with Crippen LogP contribution < -0.4 is 11.1 Å². The minimum atomic E-state index is -0.0354. The van der Waals surface area contributed by atoms with E-state index in [1.54, 1.807) is 0 Å². The third-order valence-electron chi connectivity index (χ3n) is 3.91. The summed E-state index contributed by atoms with van der Waals surface area (Å²) in [6.45, 7) is 6.50. The van der Waals surface area contributed by atoms with Crippen LogP contribution in [0.4, 0.5) is 10.5 Å². The third-order valence-corrected chi connectivity index (χ3v) is 3.91. The Hall–Kier alpha value is -1.59. The molecule has 0 aromatic heterocycles. The first-order valence-electron chi connectivity index (χ1n) is 7.09. The Kier molecular flexibility index (Phi) is 4.62. The standard InChI is InChI=1S/C15H24N4O/c1-11-10-19(8-7-18(11)3)15(20)17-14-6-4-5-13(9-14)12(2)16/h4-6,9,11-12H,7-8,10,16H2,1-3H3,(H,17,20). The monoisotopic (exact) mass is 276 g/mol. The molecule has 1 aromatic rings. The van der Waals surface area contributed by atoms with Gasteiger partial charge in [-0.25, -0.2) is 4.79 Å². The topological polar surface area (TPSA) is 61.6 Å². The molecule has 0 aliphatic carbocycles. The predicted molar refractivity (Wildman–Crippen MR) is 81.7 cm³/mol. The summed E-state index contributed by atoms with van der Waals surface area (Å²) in [5, 5.41) is 2.96. The highest BCUT2D eigenvalue weighted by molar-refractivity contribution is 5.89. The van der Waals surface area contributed by atoms with Crippen molar-refractivity contribution in [1.82, 2.24) is 9.80 Å². The van der Waals surface area contributed by atoms with Gasteiger partial charge in [-0.15, -0.1) is 0 Å². The molecule has 5 heteroatoms. The summed E-state index contributed by atoms with van der Waals surface area (Å²) in [5.41, 5.74) is 7.69. The Labute approximate surface area is 120 Å². The Bertz CT molecular complexity index is 475. The number of piperazine rings is 1. The Morgan fingerprint density at radius 1 is 1.45 bits per heavy atom. The van der Waals surface area contributed by atoms with Crippen molar-refractivity contribution in [2.24, 2.45) is 5.73 Å². The van der Waals surface area contributed by atoms with Crippen molar-refractivity contribution in [2.45, 2.75) is 25.9 Å². The molecule has 0 bridgehead atoms. The summed E-state index contributed by atoms with van der Waals surface area (Å²) in [5.74, 6) is 0. The number of urea groups is 1. The SMILES string of the molecule is CC(N)c1cccc(NC(=O)N2CCN(C)C(C)C2)c1. The molecule has 2 atom stereocenters. The van der Waals surface area contributed by atoms with E-state index >= 15 is 0 Å². The van der Waals surface area contributed by atoms with Crippen LogP contribution in [0, 0.1) is 0 Å². The predicted octanol–water partition coefficient (Wildman–Crippen LogP) is 1.87. The van der Waals surface area contributed by atoms with E-state index in [0.29, 0.717) is 6.04 Å². The lowest BCUT2D eigenvalue weighted by molar-refractivity contribution is 0.125. The van der Waals surface area contributed by atoms with Gasteiger partial charge in [0.15, 0.2) is 0 Å². The summed E-state index contributed by atoms with van der Waals surface area (Å²) in [4.78, 5) is 16.4. The van der Waals surface area contributed by atoms with Crippen LogP contribution >= 0.6 is 0 Å². The number of carbonyl (C=O) groups is 1. The number of carbonyl (C=O) groups excluding carboxylic acids is 1. The van der Waals surface area contributed by atoms with Gasteiger partial charge in [0.2, 0.25) is 0 Å². The molecule has 1 fully saturated rings. The van der Waals surface area contributed by atoms with Gasteiger partial charge < -0.3 is 20.9 Å². The summed E-state index contributed by atoms with van der Waals surface area (Å²) < 4.78 is 0. The summed E-state index contributed by atoms with van der Waals surface area (Å²) in [7, 11) is 2.09. The molecule has 1 aliphatic heterocycles. The third kappa shape index (κ3) is 3.49. The number of amides is 2. The molecule has 2 unspecified atom stereocenters. The maximum Gasteiger partial charge on any atom is 0.321 e. The molecule has 1 saturated heterocycles. The molecule has 0 saturated carbocycles. The molecule has 110 valence electrons. The van der Waals surface area contributed by atoms with Crippen LogP contribution in [0.25, 0.3) is 0 Å². The summed E-state index contributed by atoms with van der Waals surface area (Å²) >= 11 is 0. The summed E-state index contributed by atoms with van der Waals surface area (Å²) in [6, 6.07) is 8.04. The van der Waals surface area contributed by atoms with Gasteiger partial charge in [-0.05, 0) is 38.6 Å². The average molecular weight is 276 g/mol. The minimum absolute atomic E-state index is 0.0319. The van der Waals surface area contributed by atoms with E-state index in [1.807, 2.05) is 36.1 Å². The van der Waals surface area contributed by atoms with E-state index in [2.05, 4.69) is 24.2 Å². The van der Waals surface area contributed by atoms with Crippen LogP contribution in [0.3, 0.4) is 0 Å². The van der Waals surface area contributed by atoms with Gasteiger partial charge in [0.05, 0.1) is 0 Å². The Morgan fingerprint density at radius 3 is 2.85 bits per heavy atom. The van der Waals surface area contributed by atoms with Crippen LogP contribution in [0.15, 0.2) is 24.3 Å². The second-order valence-corrected chi connectivity index (χ2v) is 5.62. The maximum absolute atomic E-state index is 12.3. The van der Waals surface area contributed by atoms with Crippen molar-refractivity contribution in [3.05, 3.63) is 29.8 Å². The highest BCUT2D eigenvalue weighted by atomic mass is 16.2. The molecule has 5 nitrogen and oxygen atoms in total. The number of hydrogen-bond donors (Lipinski definition) is 2. The largest absolute Gasteiger partial charge is 0.324 e. The lowest BCUT2D eigenvalue weighted by Crippen LogP contribution is -2.53. The maximum atomic E-state index is 12.3. The molecule has 20 heavy (non-hydrogen) atoms. The minimum Gasteiger partial charge on any atom is -0.324 e. The van der Waals surface area contributed by atoms with E-state index in [4.69, 9.17) is 5.73 Å². The highest BCUT2D eigenvalue weighted by Gasteiger charge is 2.24. The molecule has 1 aromatic carbocycles. The Balaban J connectivity index is 1.99. The lowest BCUT2D eigenvalue weighted by Gasteiger charge is -2.37. The number of anilines is 1. The quantitative estimate of drug-likeness (QED) is 0.867. The molecular weight excluding hydrogens is 252 g/mol. The molecule has 0 radical (unpaired) electrons. The zero-order chi connectivity index (χ0) is 14.7. The van der Waals surface area contributed by atoms with Crippen molar-refractivity contribution < 1.29 is 4.79 Å². The first kappa shape index (κ1) is 14.8. The second-order valence-electron chi connectivity index (χ2n) is 5.62. The van der Waals surface area contributed by atoms with Crippen molar-refractivity contribution in [3.8, 4) is 0 Å². The molecule has 3 N–H and O–H groups in total.